The third-order valence-corrected chi connectivity index (χ3v) is 82.2. The van der Waals surface area contributed by atoms with Gasteiger partial charge < -0.3 is 82.9 Å². The number of fused-ring (bicyclic) bond motifs is 7. The van der Waals surface area contributed by atoms with Crippen molar-refractivity contribution < 1.29 is 92.5 Å². The molecule has 29 heteroatoms. The summed E-state index contributed by atoms with van der Waals surface area (Å²) in [6, 6.07) is 32.8. The number of esters is 1. The lowest BCUT2D eigenvalue weighted by molar-refractivity contribution is -0.373. The summed E-state index contributed by atoms with van der Waals surface area (Å²) in [4.78, 5) is 47.6. The van der Waals surface area contributed by atoms with Crippen molar-refractivity contribution in [1.29, 1.82) is 0 Å². The summed E-state index contributed by atoms with van der Waals surface area (Å²) in [6.07, 6.45) is -4.08. The number of aldehydes is 1. The van der Waals surface area contributed by atoms with Crippen LogP contribution in [0.1, 0.15) is 292 Å². The van der Waals surface area contributed by atoms with Gasteiger partial charge in [0, 0.05) is 0 Å². The van der Waals surface area contributed by atoms with Crippen molar-refractivity contribution in [3.05, 3.63) is 59.2 Å². The van der Waals surface area contributed by atoms with E-state index >= 15 is 9.59 Å². The fraction of sp³-hybridized carbons (Fsp3) is 0.880. The first-order valence-electron chi connectivity index (χ1n) is 56.4. The minimum absolute atomic E-state index is 0.0650. The minimum atomic E-state index is -3.01. The lowest BCUT2D eigenvalue weighted by Gasteiger charge is -2.72. The summed E-state index contributed by atoms with van der Waals surface area (Å²) in [5.74, 6) is -1.09. The van der Waals surface area contributed by atoms with Crippen LogP contribution in [0.5, 0.6) is 0 Å². The van der Waals surface area contributed by atoms with E-state index in [1.807, 2.05) is 30.3 Å². The quantitative estimate of drug-likeness (QED) is 0.0211. The number of aliphatic carboxylic acids is 1. The molecule has 6 fully saturated rings. The first kappa shape index (κ1) is 119. The lowest BCUT2D eigenvalue weighted by atomic mass is 9.33. The number of carboxylic acid groups (broad SMARTS) is 1. The van der Waals surface area contributed by atoms with E-state index in [0.29, 0.717) is 56.0 Å². The van der Waals surface area contributed by atoms with Crippen LogP contribution in [0.2, 0.25) is 163 Å². The van der Waals surface area contributed by atoms with Crippen LogP contribution in [-0.2, 0) is 94.0 Å². The van der Waals surface area contributed by atoms with Gasteiger partial charge in [0.25, 0.3) is 8.32 Å². The fourth-order valence-electron chi connectivity index (χ4n) is 27.8. The maximum absolute atomic E-state index is 16.9. The van der Waals surface area contributed by atoms with Crippen LogP contribution >= 0.6 is 0 Å². The summed E-state index contributed by atoms with van der Waals surface area (Å²) in [7, 11) is -23.9. The molecule has 1 aromatic carbocycles. The van der Waals surface area contributed by atoms with Crippen LogP contribution in [0, 0.1) is 50.2 Å². The van der Waals surface area contributed by atoms with Crippen LogP contribution in [0.15, 0.2) is 53.7 Å². The van der Waals surface area contributed by atoms with Crippen LogP contribution in [-0.4, -0.2) is 197 Å². The van der Waals surface area contributed by atoms with Crippen molar-refractivity contribution >= 4 is 93.1 Å². The Bertz CT molecular complexity index is 3900. The summed E-state index contributed by atoms with van der Waals surface area (Å²) in [5.41, 5.74) is -1.39. The maximum Gasteiger partial charge on any atom is 0.338 e. The predicted molar refractivity (Wildman–Crippen MR) is 580 cm³/mol. The highest BCUT2D eigenvalue weighted by Crippen LogP contribution is 2.77. The number of benzene rings is 1. The van der Waals surface area contributed by atoms with Gasteiger partial charge in [-0.3, -0.25) is 4.79 Å². The third-order valence-electron chi connectivity index (χ3n) is 40.5. The third kappa shape index (κ3) is 23.6. The Morgan fingerprint density at radius 1 is 0.445 bits per heavy atom. The number of allylic oxidation sites excluding steroid dienone is 2. The Labute approximate surface area is 844 Å². The summed E-state index contributed by atoms with van der Waals surface area (Å²) in [5, 5.41) is 12.1. The summed E-state index contributed by atoms with van der Waals surface area (Å²) < 4.78 is 130. The van der Waals surface area contributed by atoms with Crippen molar-refractivity contribution in [3.8, 4) is 0 Å². The zero-order chi connectivity index (χ0) is 102. The molecule has 9 rings (SSSR count). The van der Waals surface area contributed by atoms with E-state index in [1.165, 1.54) is 11.9 Å². The SMILES string of the molecule is CC[Si](CC)(CC)OCC1O[C@@H](OC2C(OC3=C(O[Si](CC)(CC)CC)C(O[Si](CC)(CC)CC)C(O[Si](CC)(CC)CC)CO3)C(O[Si](CC)(CC)CC)C(C(=O)OCc3ccccc3)O[C@H]2O[C@H]2CCC3(C)C(CCC4(C)C3CC=C3C5CC(C)(C)CC[C@]5(C(=O)O)C(O[Si](CC)(CC)CC)CC34C)C2(C)C=O)C(O[Si](CC)(CC)CC)C(O[Si](CC)(CC)CC)C1O[Si](CC)(CC)CC. The molecule has 3 heterocycles. The molecule has 20 nitrogen and oxygen atoms in total. The highest BCUT2D eigenvalue weighted by Gasteiger charge is 2.74. The molecule has 5 aliphatic carbocycles. The van der Waals surface area contributed by atoms with Crippen LogP contribution in [0.3, 0.4) is 0 Å². The number of hydrogen-bond donors (Lipinski definition) is 1. The number of rotatable bonds is 57. The Hall–Kier alpha value is -1.82. The second-order valence-electron chi connectivity index (χ2n) is 45.4. The van der Waals surface area contributed by atoms with Gasteiger partial charge in [0.05, 0.1) is 29.6 Å². The van der Waals surface area contributed by atoms with E-state index in [2.05, 4.69) is 235 Å². The number of carbonyl (C=O) groups is 3. The van der Waals surface area contributed by atoms with Gasteiger partial charge in [-0.25, -0.2) is 4.79 Å². The highest BCUT2D eigenvalue weighted by molar-refractivity contribution is 6.77. The minimum Gasteiger partial charge on any atom is -0.540 e. The molecule has 2 saturated heterocycles. The molecule has 0 radical (unpaired) electrons. The standard InChI is InChI=1S/C108H202O20Si9/c1-34-129(35-2,36-3)115-78-83-89(123-132(43-10,44-11)45-12)92(125-134(49-16,50-17)51-18)97(128-137(58-25,59-26)60-27)101(116-83)120-95-91(118-99-96(127-136(55-22,56-23)57-24)90(124-133(46-13,47-14)48-15)84(77-114-99)121-130(37-4,38-5)39-6)93(126-135(52-19,53-20)54-21)94(98(110)113-76-80-64-62-61-63-65-80)119-100(95)117-87-69-70-104(30)85(105(87,31)79-109)68-71-106(32)86(104)67-66-81-82-74-103(28,29)72-73-108(82,102(111)112)88(75-107(81,106)33)122-131(40-7,41-8)42-9/h61-66,79,82-95,97,100-101H,34-60,67-78H2,1-33H3,(H,111,112)/t82?,83?,84?,85?,86?,87-,88?,89?,90?,91?,92?,93?,94?,95?,97?,100+,101-,104?,105?,106?,107?,108+/m0/s1. The molecule has 4 saturated carbocycles. The molecule has 8 aliphatic rings. The number of ether oxygens (including phenoxy) is 7. The van der Waals surface area contributed by atoms with Gasteiger partial charge in [-0.15, -0.1) is 0 Å². The van der Waals surface area contributed by atoms with Crippen LogP contribution < -0.4 is 0 Å². The van der Waals surface area contributed by atoms with Gasteiger partial charge >= 0.3 is 17.9 Å². The average molecular weight is 2070 g/mol. The normalized spacial score (nSPS) is 32.5. The number of hydrogen-bond acceptors (Lipinski definition) is 19. The molecule has 790 valence electrons. The van der Waals surface area contributed by atoms with Crippen LogP contribution in [0.25, 0.3) is 0 Å². The molecule has 18 unspecified atom stereocenters. The molecule has 1 aromatic rings. The molecule has 1 N–H and O–H groups in total. The average Bonchev–Trinajstić information content (AvgIpc) is 0.666. The van der Waals surface area contributed by atoms with Crippen molar-refractivity contribution in [2.45, 2.75) is 542 Å². The monoisotopic (exact) mass is 2070 g/mol. The van der Waals surface area contributed by atoms with Gasteiger partial charge in [-0.1, -0.05) is 270 Å². The Balaban J connectivity index is 1.41. The maximum atomic E-state index is 16.9. The second-order valence-corrected chi connectivity index (χ2v) is 87.9. The van der Waals surface area contributed by atoms with E-state index in [1.54, 1.807) is 0 Å². The van der Waals surface area contributed by atoms with Crippen molar-refractivity contribution in [3.63, 3.8) is 0 Å². The molecule has 0 aromatic heterocycles. The molecular weight excluding hydrogens is 1870 g/mol. The summed E-state index contributed by atoms with van der Waals surface area (Å²) >= 11 is 0. The van der Waals surface area contributed by atoms with E-state index in [4.69, 9.17) is 73.0 Å². The van der Waals surface area contributed by atoms with E-state index < -0.39 is 194 Å². The Morgan fingerprint density at radius 3 is 1.38 bits per heavy atom. The second kappa shape index (κ2) is 49.5. The van der Waals surface area contributed by atoms with Gasteiger partial charge in [0.15, 0.2) is 103 Å². The van der Waals surface area contributed by atoms with Gasteiger partial charge in [0.1, 0.15) is 62.2 Å². The molecule has 137 heavy (non-hydrogen) atoms. The smallest absolute Gasteiger partial charge is 0.338 e. The van der Waals surface area contributed by atoms with Crippen LogP contribution in [0.4, 0.5) is 0 Å². The molecular formula is C108H202O20Si9. The number of carbonyl (C=O) groups excluding carboxylic acids is 2. The Morgan fingerprint density at radius 2 is 0.898 bits per heavy atom. The van der Waals surface area contributed by atoms with Gasteiger partial charge in [0.2, 0.25) is 0 Å². The highest BCUT2D eigenvalue weighted by atomic mass is 28.4. The summed E-state index contributed by atoms with van der Waals surface area (Å²) in [6.45, 7) is 76.2. The van der Waals surface area contributed by atoms with Crippen molar-refractivity contribution in [2.24, 2.45) is 50.2 Å². The zero-order valence-corrected chi connectivity index (χ0v) is 102. The van der Waals surface area contributed by atoms with Gasteiger partial charge in [-0.2, -0.15) is 0 Å². The molecule has 0 amide bonds. The van der Waals surface area contributed by atoms with Gasteiger partial charge in [-0.05, 0) is 266 Å². The molecule has 3 aliphatic heterocycles. The topological polar surface area (TPSA) is 219 Å². The molecule has 0 spiro atoms. The van der Waals surface area contributed by atoms with Crippen molar-refractivity contribution in [2.75, 3.05) is 13.2 Å². The first-order chi connectivity index (χ1) is 65.1. The zero-order valence-electron chi connectivity index (χ0n) is 93.1. The molecule has 0 bridgehead atoms. The van der Waals surface area contributed by atoms with E-state index in [-0.39, 0.29) is 54.3 Å². The lowest BCUT2D eigenvalue weighted by Crippen LogP contribution is -2.71. The molecule has 22 atom stereocenters. The predicted octanol–water partition coefficient (Wildman–Crippen LogP) is 29.0. The van der Waals surface area contributed by atoms with Crippen molar-refractivity contribution in [1.82, 2.24) is 0 Å². The first-order valence-corrected chi connectivity index (χ1v) is 79.2. The van der Waals surface area contributed by atoms with E-state index in [0.717, 1.165) is 176 Å². The fourth-order valence-corrected chi connectivity index (χ4v) is 52.9. The van der Waals surface area contributed by atoms with E-state index in [9.17, 15) is 9.90 Å². The largest absolute Gasteiger partial charge is 0.540 e. The Kier molecular flexibility index (Phi) is 42.9. The number of carboxylic acids is 1.